The topological polar surface area (TPSA) is 205 Å². The number of aliphatic hydroxyl groups is 4. The number of pyridine rings is 3. The van der Waals surface area contributed by atoms with E-state index in [4.69, 9.17) is 18.8 Å². The molecule has 0 aliphatic carbocycles. The highest BCUT2D eigenvalue weighted by molar-refractivity contribution is 8.00. The smallest absolute Gasteiger partial charge is 0.348 e. The van der Waals surface area contributed by atoms with Gasteiger partial charge in [-0.1, -0.05) is 57.5 Å². The highest BCUT2D eigenvalue weighted by Crippen LogP contribution is 2.63. The second kappa shape index (κ2) is 30.0. The number of carbonyl (C=O) groups is 1. The Morgan fingerprint density at radius 2 is 1.16 bits per heavy atom. The van der Waals surface area contributed by atoms with Gasteiger partial charge in [0.05, 0.1) is 57.8 Å². The summed E-state index contributed by atoms with van der Waals surface area (Å²) in [4.78, 5) is 26.1. The van der Waals surface area contributed by atoms with Crippen LogP contribution in [0.15, 0.2) is 75.6 Å². The summed E-state index contributed by atoms with van der Waals surface area (Å²) in [7, 11) is -4.66. The summed E-state index contributed by atoms with van der Waals surface area (Å²) in [5.74, 6) is -21.0. The van der Waals surface area contributed by atoms with Gasteiger partial charge in [-0.3, -0.25) is 24.2 Å². The number of hydrogen-bond acceptors (Lipinski definition) is 16. The third-order valence-electron chi connectivity index (χ3n) is 14.5. The summed E-state index contributed by atoms with van der Waals surface area (Å²) in [6.07, 6.45) is -4.22. The van der Waals surface area contributed by atoms with Crippen molar-refractivity contribution in [3.05, 3.63) is 119 Å². The molecule has 3 unspecified atom stereocenters. The summed E-state index contributed by atoms with van der Waals surface area (Å²) < 4.78 is 169. The van der Waals surface area contributed by atoms with Crippen molar-refractivity contribution in [3.8, 4) is 22.8 Å². The van der Waals surface area contributed by atoms with Gasteiger partial charge in [0.25, 0.3) is 0 Å². The van der Waals surface area contributed by atoms with Crippen molar-refractivity contribution in [2.24, 2.45) is 10.8 Å². The zero-order chi connectivity index (χ0) is 63.8. The zero-order valence-corrected chi connectivity index (χ0v) is 52.8. The van der Waals surface area contributed by atoms with E-state index in [-0.39, 0.29) is 30.7 Å². The molecule has 14 nitrogen and oxygen atoms in total. The number of hydrogen-bond donors (Lipinski definition) is 5. The van der Waals surface area contributed by atoms with Crippen LogP contribution >= 0.6 is 42.9 Å². The number of rotatable bonds is 28. The lowest BCUT2D eigenvalue weighted by atomic mass is 9.75. The van der Waals surface area contributed by atoms with Crippen LogP contribution in [0.25, 0.3) is 22.8 Å². The first-order chi connectivity index (χ1) is 40.3. The number of unbranched alkanes of at least 4 members (excludes halogenated alkanes) is 3. The predicted molar refractivity (Wildman–Crippen MR) is 315 cm³/mol. The number of ether oxygens (including phenoxy) is 1. The van der Waals surface area contributed by atoms with Crippen molar-refractivity contribution < 1.29 is 83.8 Å². The van der Waals surface area contributed by atoms with Gasteiger partial charge in [-0.2, -0.15) is 0 Å². The SMILES string of the molecule is CCOP(=O)(OCC)C(N(C(CC(CC(C)(C)C(=O)O)c1c(F)c(F)c(SCCCCCCSc2cc(-c3ccccn3)nc(-c3ccccn3)c2)c(F)c1F)c1c(F)c(F)c(S[C@H]2O[C@@H](CO)[C@@H](O)[C@@H](O)[C@@H]2O)c(F)c1F)C(C)(C)C)C(C)(C)C. The molecule has 0 saturated carbocycles. The number of halogens is 8. The van der Waals surface area contributed by atoms with E-state index in [9.17, 15) is 30.3 Å². The molecule has 1 aliphatic heterocycles. The van der Waals surface area contributed by atoms with Crippen LogP contribution in [0.2, 0.25) is 0 Å². The van der Waals surface area contributed by atoms with Crippen molar-refractivity contribution in [1.82, 2.24) is 19.9 Å². The summed E-state index contributed by atoms with van der Waals surface area (Å²) in [6, 6.07) is 12.6. The Hall–Kier alpha value is -4.24. The third kappa shape index (κ3) is 16.4. The van der Waals surface area contributed by atoms with E-state index < -0.39 is 164 Å². The Morgan fingerprint density at radius 3 is 1.60 bits per heavy atom. The molecule has 0 amide bonds. The average molecular weight is 1290 g/mol. The maximum atomic E-state index is 17.5. The van der Waals surface area contributed by atoms with Crippen molar-refractivity contribution in [3.63, 3.8) is 0 Å². The predicted octanol–water partition coefficient (Wildman–Crippen LogP) is 14.1. The van der Waals surface area contributed by atoms with Crippen molar-refractivity contribution in [2.45, 2.75) is 176 Å². The first-order valence-electron chi connectivity index (χ1n) is 28.0. The molecule has 2 aromatic carbocycles. The highest BCUT2D eigenvalue weighted by atomic mass is 32.2. The van der Waals surface area contributed by atoms with Crippen LogP contribution in [0.3, 0.4) is 0 Å². The Morgan fingerprint density at radius 1 is 0.674 bits per heavy atom. The van der Waals surface area contributed by atoms with Gasteiger partial charge < -0.3 is 39.3 Å². The Kier molecular flexibility index (Phi) is 24.8. The number of aliphatic carboxylic acids is 1. The molecule has 474 valence electrons. The van der Waals surface area contributed by atoms with Crippen LogP contribution in [-0.2, 0) is 23.1 Å². The lowest BCUT2D eigenvalue weighted by Crippen LogP contribution is -2.57. The third-order valence-corrected chi connectivity index (χ3v) is 20.7. The maximum Gasteiger partial charge on any atom is 0.348 e. The molecular formula is C60H75F8N4O10PS3. The monoisotopic (exact) mass is 1290 g/mol. The molecule has 3 aromatic heterocycles. The number of thioether (sulfide) groups is 3. The van der Waals surface area contributed by atoms with E-state index in [1.807, 2.05) is 36.4 Å². The fourth-order valence-electron chi connectivity index (χ4n) is 10.5. The molecule has 0 radical (unpaired) electrons. The number of aromatic nitrogens is 3. The fourth-order valence-corrected chi connectivity index (χ4v) is 16.4. The van der Waals surface area contributed by atoms with E-state index >= 15 is 39.7 Å². The summed E-state index contributed by atoms with van der Waals surface area (Å²) in [5.41, 5.74) is -7.20. The van der Waals surface area contributed by atoms with Gasteiger partial charge >= 0.3 is 13.6 Å². The standard InChI is InChI=1S/C60H75F8N4O10PS3/c1-11-80-83(79,81-12-2)56(58(3,4)5)72(59(6,7)8)38(41-44(63)48(67)54(49(68)45(41)64)86-55-52(76)51(75)50(74)39(31-73)82-55)27-32(30-60(9,10)57(77)78)40-42(61)46(65)53(47(66)43(40)62)85-26-20-14-13-19-25-84-33-28-36(34-21-15-17-23-69-34)71-37(29-33)35-22-16-18-24-70-35/h15-18,21-24,28-29,32,38-39,50-52,55-56,73-76H,11-14,19-20,25-27,30-31H2,1-10H3,(H,77,78)/t32?,38?,39-,50+,51+,52-,55+,56?/m0/s1. The molecule has 1 fully saturated rings. The summed E-state index contributed by atoms with van der Waals surface area (Å²) >= 11 is 1.93. The largest absolute Gasteiger partial charge is 0.481 e. The zero-order valence-electron chi connectivity index (χ0n) is 49.4. The van der Waals surface area contributed by atoms with Gasteiger partial charge in [-0.25, -0.2) is 40.1 Å². The number of nitrogens with zero attached hydrogens (tertiary/aromatic N) is 4. The van der Waals surface area contributed by atoms with Gasteiger partial charge in [0.2, 0.25) is 0 Å². The second-order valence-corrected chi connectivity index (χ2v) is 28.9. The van der Waals surface area contributed by atoms with Gasteiger partial charge in [0.1, 0.15) is 35.6 Å². The quantitative estimate of drug-likeness (QED) is 0.0104. The van der Waals surface area contributed by atoms with Crippen LogP contribution in [0.1, 0.15) is 131 Å². The van der Waals surface area contributed by atoms with Crippen molar-refractivity contribution in [2.75, 3.05) is 31.3 Å². The minimum atomic E-state index is -4.66. The number of benzene rings is 2. The maximum absolute atomic E-state index is 17.5. The Balaban J connectivity index is 1.37. The lowest BCUT2D eigenvalue weighted by Gasteiger charge is -2.53. The molecule has 0 spiro atoms. The van der Waals surface area contributed by atoms with E-state index in [2.05, 4.69) is 9.97 Å². The van der Waals surface area contributed by atoms with Crippen LogP contribution in [-0.4, -0.2) is 124 Å². The molecular weight excluding hydrogens is 1220 g/mol. The van der Waals surface area contributed by atoms with Crippen LogP contribution in [0, 0.1) is 57.4 Å². The fraction of sp³-hybridized carbons (Fsp3) is 0.533. The van der Waals surface area contributed by atoms with Crippen LogP contribution in [0.5, 0.6) is 0 Å². The van der Waals surface area contributed by atoms with E-state index in [1.54, 1.807) is 36.3 Å². The molecule has 0 bridgehead atoms. The minimum Gasteiger partial charge on any atom is -0.481 e. The van der Waals surface area contributed by atoms with Crippen LogP contribution in [0.4, 0.5) is 35.1 Å². The summed E-state index contributed by atoms with van der Waals surface area (Å²) in [5, 5.41) is 51.7. The normalized spacial score (nSPS) is 19.0. The van der Waals surface area contributed by atoms with Crippen LogP contribution < -0.4 is 0 Å². The van der Waals surface area contributed by atoms with E-state index in [0.717, 1.165) is 30.1 Å². The van der Waals surface area contributed by atoms with Crippen molar-refractivity contribution in [1.29, 1.82) is 0 Å². The molecule has 26 heteroatoms. The lowest BCUT2D eigenvalue weighted by molar-refractivity contribution is -0.205. The minimum absolute atomic E-state index is 0.00319. The molecule has 86 heavy (non-hydrogen) atoms. The number of aliphatic hydroxyl groups excluding tert-OH is 4. The summed E-state index contributed by atoms with van der Waals surface area (Å²) in [6.45, 7) is 12.5. The highest BCUT2D eigenvalue weighted by Gasteiger charge is 2.55. The molecule has 6 rings (SSSR count). The average Bonchev–Trinajstić information content (AvgIpc) is 0.794. The molecule has 1 aliphatic rings. The van der Waals surface area contributed by atoms with Gasteiger partial charge in [-0.15, -0.1) is 23.5 Å². The molecule has 1 saturated heterocycles. The Labute approximate surface area is 509 Å². The molecule has 5 N–H and O–H groups in total. The number of carboxylic acids is 1. The van der Waals surface area contributed by atoms with Gasteiger partial charge in [-0.05, 0) is 133 Å². The van der Waals surface area contributed by atoms with Gasteiger partial charge in [0, 0.05) is 40.0 Å². The molecule has 4 heterocycles. The Bertz CT molecular complexity index is 3040. The second-order valence-electron chi connectivity index (χ2n) is 23.5. The van der Waals surface area contributed by atoms with Crippen molar-refractivity contribution >= 4 is 48.9 Å². The van der Waals surface area contributed by atoms with Gasteiger partial charge in [0.15, 0.2) is 46.5 Å². The molecule has 5 aromatic rings. The first kappa shape index (κ1) is 70.8. The first-order valence-corrected chi connectivity index (χ1v) is 32.5. The molecule has 8 atom stereocenters. The number of carboxylic acid groups (broad SMARTS) is 1. The van der Waals surface area contributed by atoms with E-state index in [1.165, 1.54) is 55.4 Å². The van der Waals surface area contributed by atoms with E-state index in [0.29, 0.717) is 59.6 Å².